The Kier molecular flexibility index (Phi) is 7.85. The number of benzene rings is 5. The van der Waals surface area contributed by atoms with Crippen LogP contribution < -0.4 is 26.2 Å². The molecule has 6 aromatic rings. The summed E-state index contributed by atoms with van der Waals surface area (Å²) in [6.45, 7) is 30.7. The van der Waals surface area contributed by atoms with E-state index in [0.29, 0.717) is 0 Å². The van der Waals surface area contributed by atoms with Crippen molar-refractivity contribution < 1.29 is 0 Å². The number of hydrogen-bond donors (Lipinski definition) is 0. The van der Waals surface area contributed by atoms with Crippen molar-refractivity contribution in [2.75, 3.05) is 9.80 Å². The highest BCUT2D eigenvalue weighted by Crippen LogP contribution is 2.52. The molecule has 0 radical (unpaired) electrons. The van der Waals surface area contributed by atoms with E-state index in [9.17, 15) is 0 Å². The zero-order valence-electron chi connectivity index (χ0n) is 35.4. The Bertz CT molecular complexity index is 2550. The molecule has 4 heteroatoms. The minimum absolute atomic E-state index is 0.0724. The van der Waals surface area contributed by atoms with E-state index < -0.39 is 0 Å². The van der Waals surface area contributed by atoms with Crippen molar-refractivity contribution in [2.24, 2.45) is 0 Å². The number of nitrogens with zero attached hydrogens (tertiary/aromatic N) is 2. The highest BCUT2D eigenvalue weighted by atomic mass is 32.1. The highest BCUT2D eigenvalue weighted by Gasteiger charge is 2.48. The molecule has 3 heterocycles. The molecular weight excluding hydrogens is 683 g/mol. The van der Waals surface area contributed by atoms with Crippen LogP contribution in [0.2, 0.25) is 0 Å². The molecule has 5 aromatic carbocycles. The number of rotatable bonds is 2. The molecular formula is C51H57BN2S. The first-order chi connectivity index (χ1) is 25.7. The Morgan fingerprint density at radius 1 is 0.564 bits per heavy atom. The fraction of sp³-hybridized carbons (Fsp3) is 0.373. The first-order valence-corrected chi connectivity index (χ1v) is 21.2. The number of aryl methyl sites for hydroxylation is 3. The van der Waals surface area contributed by atoms with E-state index in [1.807, 2.05) is 11.3 Å². The summed E-state index contributed by atoms with van der Waals surface area (Å²) in [5.74, 6) is 0. The van der Waals surface area contributed by atoms with Gasteiger partial charge in [-0.05, 0) is 153 Å². The normalized spacial score (nSPS) is 16.9. The summed E-state index contributed by atoms with van der Waals surface area (Å²) < 4.78 is 1.36. The van der Waals surface area contributed by atoms with Gasteiger partial charge in [0, 0.05) is 33.1 Å². The smallest absolute Gasteiger partial charge is 0.254 e. The lowest BCUT2D eigenvalue weighted by Crippen LogP contribution is -2.61. The zero-order chi connectivity index (χ0) is 39.1. The van der Waals surface area contributed by atoms with Crippen LogP contribution in [0, 0.1) is 20.8 Å². The van der Waals surface area contributed by atoms with Gasteiger partial charge in [-0.2, -0.15) is 0 Å². The monoisotopic (exact) mass is 740 g/mol. The van der Waals surface area contributed by atoms with Crippen LogP contribution in [0.4, 0.5) is 33.4 Å². The van der Waals surface area contributed by atoms with E-state index in [1.54, 1.807) is 0 Å². The molecule has 3 aliphatic rings. The van der Waals surface area contributed by atoms with E-state index >= 15 is 0 Å². The number of fused-ring (bicyclic) bond motifs is 7. The Hall–Kier alpha value is -4.28. The van der Waals surface area contributed by atoms with Crippen LogP contribution in [0.15, 0.2) is 84.9 Å². The van der Waals surface area contributed by atoms with Crippen molar-refractivity contribution in [1.82, 2.24) is 0 Å². The fourth-order valence-electron chi connectivity index (χ4n) is 9.83. The minimum Gasteiger partial charge on any atom is -0.311 e. The molecule has 280 valence electrons. The summed E-state index contributed by atoms with van der Waals surface area (Å²) >= 11 is 1.96. The van der Waals surface area contributed by atoms with E-state index in [0.717, 1.165) is 0 Å². The molecule has 0 saturated carbocycles. The average molecular weight is 741 g/mol. The number of anilines is 6. The molecule has 2 nitrogen and oxygen atoms in total. The van der Waals surface area contributed by atoms with Gasteiger partial charge >= 0.3 is 0 Å². The van der Waals surface area contributed by atoms with Crippen LogP contribution in [0.25, 0.3) is 10.1 Å². The topological polar surface area (TPSA) is 6.48 Å². The fourth-order valence-corrected chi connectivity index (χ4v) is 11.1. The van der Waals surface area contributed by atoms with E-state index in [-0.39, 0.29) is 28.4 Å². The highest BCUT2D eigenvalue weighted by molar-refractivity contribution is 7.26. The summed E-state index contributed by atoms with van der Waals surface area (Å²) in [6, 6.07) is 34.0. The third kappa shape index (κ3) is 5.56. The maximum Gasteiger partial charge on any atom is 0.254 e. The van der Waals surface area contributed by atoms with Crippen LogP contribution in [0.5, 0.6) is 0 Å². The average Bonchev–Trinajstić information content (AvgIpc) is 3.47. The molecule has 0 saturated heterocycles. The van der Waals surface area contributed by atoms with E-state index in [2.05, 4.69) is 185 Å². The SMILES string of the molecule is Cc1cc2c3c(c1)N(c1ccc(C(C)(C)C)cc1)c1sc4ccc(C)cc4c1B3c1cc3c(cc1N2c1ccc(C(C)(C)C)cc1C)C(C)(C)CCC3(C)C. The van der Waals surface area contributed by atoms with Gasteiger partial charge in [-0.1, -0.05) is 117 Å². The first kappa shape index (κ1) is 36.4. The van der Waals surface area contributed by atoms with Crippen molar-refractivity contribution in [3.8, 4) is 0 Å². The molecule has 1 aliphatic carbocycles. The van der Waals surface area contributed by atoms with Crippen molar-refractivity contribution in [3.05, 3.63) is 124 Å². The minimum atomic E-state index is 0.0724. The second kappa shape index (κ2) is 11.9. The summed E-state index contributed by atoms with van der Waals surface area (Å²) in [4.78, 5) is 5.26. The van der Waals surface area contributed by atoms with Gasteiger partial charge in [-0.15, -0.1) is 11.3 Å². The molecule has 9 rings (SSSR count). The van der Waals surface area contributed by atoms with Gasteiger partial charge in [-0.25, -0.2) is 0 Å². The van der Waals surface area contributed by atoms with Gasteiger partial charge in [0.1, 0.15) is 0 Å². The number of thiophene rings is 1. The second-order valence-corrected chi connectivity index (χ2v) is 21.4. The predicted octanol–water partition coefficient (Wildman–Crippen LogP) is 12.9. The zero-order valence-corrected chi connectivity index (χ0v) is 36.2. The van der Waals surface area contributed by atoms with Gasteiger partial charge in [0.15, 0.2) is 0 Å². The Morgan fingerprint density at radius 2 is 1.16 bits per heavy atom. The lowest BCUT2D eigenvalue weighted by atomic mass is 9.33. The lowest BCUT2D eigenvalue weighted by Gasteiger charge is -2.47. The van der Waals surface area contributed by atoms with E-state index in [1.165, 1.54) is 112 Å². The second-order valence-electron chi connectivity index (χ2n) is 20.4. The molecule has 1 aromatic heterocycles. The van der Waals surface area contributed by atoms with Crippen molar-refractivity contribution in [2.45, 2.75) is 125 Å². The van der Waals surface area contributed by atoms with Crippen molar-refractivity contribution in [1.29, 1.82) is 0 Å². The molecule has 0 spiro atoms. The first-order valence-electron chi connectivity index (χ1n) is 20.4. The summed E-state index contributed by atoms with van der Waals surface area (Å²) in [7, 11) is 0. The third-order valence-corrected chi connectivity index (χ3v) is 14.4. The summed E-state index contributed by atoms with van der Waals surface area (Å²) in [5.41, 5.74) is 20.8. The standard InChI is InChI=1S/C51H57BN2S/c1-30-14-21-44-36(24-30)45-47(55-44)53(35-18-15-33(16-19-35)48(4,5)6)42-25-31(2)26-43-46(42)52(45)39-28-37-38(51(12,13)23-22-50(37,10)11)29-41(39)54(43)40-20-17-34(27-32(40)3)49(7,8)9/h14-21,24-29H,22-23H2,1-13H3. The Labute approximate surface area is 334 Å². The van der Waals surface area contributed by atoms with Crippen LogP contribution in [0.3, 0.4) is 0 Å². The molecule has 0 unspecified atom stereocenters. The molecule has 0 amide bonds. The van der Waals surface area contributed by atoms with Gasteiger partial charge in [0.2, 0.25) is 0 Å². The van der Waals surface area contributed by atoms with Crippen LogP contribution in [0.1, 0.15) is 121 Å². The molecule has 0 atom stereocenters. The maximum absolute atomic E-state index is 2.67. The third-order valence-electron chi connectivity index (χ3n) is 13.3. The predicted molar refractivity (Wildman–Crippen MR) is 243 cm³/mol. The van der Waals surface area contributed by atoms with Gasteiger partial charge < -0.3 is 9.80 Å². The summed E-state index contributed by atoms with van der Waals surface area (Å²) in [5, 5.41) is 2.74. The Balaban J connectivity index is 1.42. The quantitative estimate of drug-likeness (QED) is 0.163. The molecule has 0 N–H and O–H groups in total. The number of hydrogen-bond acceptors (Lipinski definition) is 3. The molecule has 2 aliphatic heterocycles. The molecule has 0 bridgehead atoms. The van der Waals surface area contributed by atoms with Gasteiger partial charge in [0.05, 0.1) is 5.00 Å². The molecule has 55 heavy (non-hydrogen) atoms. The maximum atomic E-state index is 2.67. The van der Waals surface area contributed by atoms with Crippen LogP contribution in [-0.2, 0) is 21.7 Å². The van der Waals surface area contributed by atoms with Crippen molar-refractivity contribution in [3.63, 3.8) is 0 Å². The summed E-state index contributed by atoms with van der Waals surface area (Å²) in [6.07, 6.45) is 2.38. The van der Waals surface area contributed by atoms with E-state index in [4.69, 9.17) is 0 Å². The largest absolute Gasteiger partial charge is 0.311 e. The Morgan fingerprint density at radius 3 is 1.78 bits per heavy atom. The molecule has 0 fully saturated rings. The van der Waals surface area contributed by atoms with Crippen LogP contribution >= 0.6 is 11.3 Å². The van der Waals surface area contributed by atoms with Gasteiger partial charge in [0.25, 0.3) is 6.71 Å². The van der Waals surface area contributed by atoms with Crippen molar-refractivity contribution >= 4 is 78.0 Å². The lowest BCUT2D eigenvalue weighted by molar-refractivity contribution is 0.332. The van der Waals surface area contributed by atoms with Gasteiger partial charge in [-0.3, -0.25) is 0 Å². The van der Waals surface area contributed by atoms with Crippen LogP contribution in [-0.4, -0.2) is 6.71 Å².